The molecule has 0 atom stereocenters. The van der Waals surface area contributed by atoms with E-state index in [2.05, 4.69) is 20.4 Å². The molecule has 0 saturated heterocycles. The molecule has 1 amide bonds. The lowest BCUT2D eigenvalue weighted by Crippen LogP contribution is -2.21. The number of carbonyl (C=O) groups is 1. The van der Waals surface area contributed by atoms with Crippen molar-refractivity contribution in [2.24, 2.45) is 0 Å². The summed E-state index contributed by atoms with van der Waals surface area (Å²) in [4.78, 5) is 20.5. The SMILES string of the molecule is CCc1ccccc1NC(=O)COc1ncnc2onc(-c3ccc(F)cc3)c12. The van der Waals surface area contributed by atoms with Gasteiger partial charge < -0.3 is 14.6 Å². The number of fused-ring (bicyclic) bond motifs is 1. The Morgan fingerprint density at radius 1 is 1.14 bits per heavy atom. The number of para-hydroxylation sites is 1. The molecule has 29 heavy (non-hydrogen) atoms. The van der Waals surface area contributed by atoms with Crippen LogP contribution >= 0.6 is 0 Å². The Hall–Kier alpha value is -3.81. The molecule has 0 aliphatic rings. The maximum Gasteiger partial charge on any atom is 0.265 e. The molecule has 146 valence electrons. The largest absolute Gasteiger partial charge is 0.467 e. The summed E-state index contributed by atoms with van der Waals surface area (Å²) in [5, 5.41) is 7.25. The fraction of sp³-hybridized carbons (Fsp3) is 0.143. The molecule has 7 nitrogen and oxygen atoms in total. The van der Waals surface area contributed by atoms with Crippen LogP contribution in [0.15, 0.2) is 59.4 Å². The molecule has 4 aromatic rings. The summed E-state index contributed by atoms with van der Waals surface area (Å²) in [5.74, 6) is -0.523. The number of nitrogens with zero attached hydrogens (tertiary/aromatic N) is 3. The summed E-state index contributed by atoms with van der Waals surface area (Å²) >= 11 is 0. The first-order valence-corrected chi connectivity index (χ1v) is 9.02. The second kappa shape index (κ2) is 8.05. The average Bonchev–Trinajstić information content (AvgIpc) is 3.18. The van der Waals surface area contributed by atoms with Crippen LogP contribution in [0.25, 0.3) is 22.4 Å². The summed E-state index contributed by atoms with van der Waals surface area (Å²) in [6.07, 6.45) is 2.06. The molecule has 2 aromatic heterocycles. The standard InChI is InChI=1S/C21H17FN4O3/c1-2-13-5-3-4-6-16(13)25-17(27)11-28-20-18-19(14-7-9-15(22)10-8-14)26-29-21(18)24-12-23-20/h3-10,12H,2,11H2,1H3,(H,25,27). The van der Waals surface area contributed by atoms with Gasteiger partial charge in [0.05, 0.1) is 0 Å². The second-order valence-electron chi connectivity index (χ2n) is 6.24. The summed E-state index contributed by atoms with van der Waals surface area (Å²) in [6.45, 7) is 1.76. The first-order valence-electron chi connectivity index (χ1n) is 9.02. The number of nitrogens with one attached hydrogen (secondary N) is 1. The lowest BCUT2D eigenvalue weighted by atomic mass is 10.1. The van der Waals surface area contributed by atoms with Crippen LogP contribution < -0.4 is 10.1 Å². The van der Waals surface area contributed by atoms with Crippen molar-refractivity contribution in [1.29, 1.82) is 0 Å². The van der Waals surface area contributed by atoms with E-state index in [0.717, 1.165) is 17.7 Å². The number of rotatable bonds is 6. The molecule has 0 unspecified atom stereocenters. The van der Waals surface area contributed by atoms with Crippen LogP contribution in [0.5, 0.6) is 5.88 Å². The third-order valence-electron chi connectivity index (χ3n) is 4.37. The van der Waals surface area contributed by atoms with Crippen LogP contribution in [0.1, 0.15) is 12.5 Å². The smallest absolute Gasteiger partial charge is 0.265 e. The Bertz CT molecular complexity index is 1160. The monoisotopic (exact) mass is 392 g/mol. The molecule has 2 aromatic carbocycles. The van der Waals surface area contributed by atoms with E-state index in [-0.39, 0.29) is 29.9 Å². The zero-order valence-corrected chi connectivity index (χ0v) is 15.6. The van der Waals surface area contributed by atoms with Crippen molar-refractivity contribution >= 4 is 22.7 Å². The number of anilines is 1. The number of amides is 1. The number of ether oxygens (including phenoxy) is 1. The average molecular weight is 392 g/mol. The zero-order chi connectivity index (χ0) is 20.2. The fourth-order valence-electron chi connectivity index (χ4n) is 2.95. The first-order chi connectivity index (χ1) is 14.2. The van der Waals surface area contributed by atoms with Gasteiger partial charge in [0.1, 0.15) is 23.2 Å². The van der Waals surface area contributed by atoms with Crippen LogP contribution in [0.4, 0.5) is 10.1 Å². The van der Waals surface area contributed by atoms with Crippen LogP contribution in [-0.4, -0.2) is 27.6 Å². The number of benzene rings is 2. The van der Waals surface area contributed by atoms with E-state index in [1.165, 1.54) is 18.5 Å². The highest BCUT2D eigenvalue weighted by Crippen LogP contribution is 2.32. The predicted octanol–water partition coefficient (Wildman–Crippen LogP) is 4.00. The molecule has 8 heteroatoms. The van der Waals surface area contributed by atoms with Crippen LogP contribution in [-0.2, 0) is 11.2 Å². The van der Waals surface area contributed by atoms with E-state index in [1.54, 1.807) is 12.1 Å². The Morgan fingerprint density at radius 3 is 2.72 bits per heavy atom. The lowest BCUT2D eigenvalue weighted by Gasteiger charge is -2.10. The van der Waals surface area contributed by atoms with E-state index >= 15 is 0 Å². The van der Waals surface area contributed by atoms with Crippen LogP contribution in [0.3, 0.4) is 0 Å². The maximum absolute atomic E-state index is 13.2. The van der Waals surface area contributed by atoms with E-state index < -0.39 is 0 Å². The fourth-order valence-corrected chi connectivity index (χ4v) is 2.95. The minimum atomic E-state index is -0.363. The Morgan fingerprint density at radius 2 is 1.93 bits per heavy atom. The van der Waals surface area contributed by atoms with Crippen LogP contribution in [0.2, 0.25) is 0 Å². The molecule has 4 rings (SSSR count). The van der Waals surface area contributed by atoms with E-state index in [0.29, 0.717) is 16.6 Å². The van der Waals surface area contributed by atoms with Crippen molar-refractivity contribution in [2.45, 2.75) is 13.3 Å². The highest BCUT2D eigenvalue weighted by atomic mass is 19.1. The number of carbonyl (C=O) groups excluding carboxylic acids is 1. The number of halogens is 1. The third kappa shape index (κ3) is 3.91. The molecule has 0 bridgehead atoms. The normalized spacial score (nSPS) is 10.8. The van der Waals surface area contributed by atoms with Gasteiger partial charge in [0.2, 0.25) is 5.88 Å². The molecule has 0 fully saturated rings. The summed E-state index contributed by atoms with van der Waals surface area (Å²) < 4.78 is 24.1. The minimum absolute atomic E-state index is 0.162. The third-order valence-corrected chi connectivity index (χ3v) is 4.37. The van der Waals surface area contributed by atoms with Gasteiger partial charge in [-0.05, 0) is 42.3 Å². The van der Waals surface area contributed by atoms with Crippen LogP contribution in [0, 0.1) is 5.82 Å². The first kappa shape index (κ1) is 18.5. The maximum atomic E-state index is 13.2. The van der Waals surface area contributed by atoms with Gasteiger partial charge in [-0.1, -0.05) is 30.3 Å². The molecule has 0 radical (unpaired) electrons. The molecule has 0 saturated carbocycles. The minimum Gasteiger partial charge on any atom is -0.467 e. The highest BCUT2D eigenvalue weighted by molar-refractivity contribution is 5.95. The number of hydrogen-bond donors (Lipinski definition) is 1. The van der Waals surface area contributed by atoms with Gasteiger partial charge in [0.25, 0.3) is 11.6 Å². The van der Waals surface area contributed by atoms with Gasteiger partial charge >= 0.3 is 0 Å². The van der Waals surface area contributed by atoms with Crippen molar-refractivity contribution in [3.63, 3.8) is 0 Å². The second-order valence-corrected chi connectivity index (χ2v) is 6.24. The molecular weight excluding hydrogens is 375 g/mol. The van der Waals surface area contributed by atoms with Crippen molar-refractivity contribution < 1.29 is 18.4 Å². The number of hydrogen-bond acceptors (Lipinski definition) is 6. The highest BCUT2D eigenvalue weighted by Gasteiger charge is 2.19. The van der Waals surface area contributed by atoms with Gasteiger partial charge in [0, 0.05) is 11.3 Å². The van der Waals surface area contributed by atoms with Crippen molar-refractivity contribution in [1.82, 2.24) is 15.1 Å². The van der Waals surface area contributed by atoms with Gasteiger partial charge in [-0.25, -0.2) is 9.37 Å². The predicted molar refractivity (Wildman–Crippen MR) is 105 cm³/mol. The van der Waals surface area contributed by atoms with Crippen molar-refractivity contribution in [3.8, 4) is 17.1 Å². The van der Waals surface area contributed by atoms with Crippen molar-refractivity contribution in [2.75, 3.05) is 11.9 Å². The Balaban J connectivity index is 1.56. The lowest BCUT2D eigenvalue weighted by molar-refractivity contribution is -0.118. The van der Waals surface area contributed by atoms with E-state index in [4.69, 9.17) is 9.26 Å². The van der Waals surface area contributed by atoms with E-state index in [1.807, 2.05) is 31.2 Å². The summed E-state index contributed by atoms with van der Waals surface area (Å²) in [5.41, 5.74) is 3.01. The summed E-state index contributed by atoms with van der Waals surface area (Å²) in [6, 6.07) is 13.3. The number of aromatic nitrogens is 3. The summed E-state index contributed by atoms with van der Waals surface area (Å²) in [7, 11) is 0. The van der Waals surface area contributed by atoms with Crippen molar-refractivity contribution in [3.05, 3.63) is 66.2 Å². The molecule has 0 spiro atoms. The topological polar surface area (TPSA) is 90.1 Å². The molecule has 0 aliphatic carbocycles. The van der Waals surface area contributed by atoms with Gasteiger partial charge in [-0.2, -0.15) is 4.98 Å². The quantitative estimate of drug-likeness (QED) is 0.533. The van der Waals surface area contributed by atoms with Gasteiger partial charge in [-0.15, -0.1) is 0 Å². The molecular formula is C21H17FN4O3. The molecule has 0 aliphatic heterocycles. The Labute approximate surface area is 165 Å². The molecule has 1 N–H and O–H groups in total. The Kier molecular flexibility index (Phi) is 5.15. The van der Waals surface area contributed by atoms with Gasteiger partial charge in [0.15, 0.2) is 6.61 Å². The molecule has 2 heterocycles. The number of aryl methyl sites for hydroxylation is 1. The zero-order valence-electron chi connectivity index (χ0n) is 15.6. The van der Waals surface area contributed by atoms with E-state index in [9.17, 15) is 9.18 Å². The van der Waals surface area contributed by atoms with Gasteiger partial charge in [-0.3, -0.25) is 4.79 Å².